The summed E-state index contributed by atoms with van der Waals surface area (Å²) in [5.74, 6) is 0. The molecule has 4 heavy (non-hydrogen) atoms. The second kappa shape index (κ2) is 20.7. The minimum absolute atomic E-state index is 0. The predicted molar refractivity (Wildman–Crippen MR) is 27.5 cm³/mol. The maximum atomic E-state index is 8.06. The Kier molecular flexibility index (Phi) is 87.2. The van der Waals surface area contributed by atoms with Crippen molar-refractivity contribution in [2.24, 2.45) is 0 Å². The van der Waals surface area contributed by atoms with Gasteiger partial charge in [-0.05, 0) is 0 Å². The Balaban J connectivity index is -0.00000000500. The van der Waals surface area contributed by atoms with E-state index in [4.69, 9.17) is 4.57 Å². The third-order valence-electron chi connectivity index (χ3n) is 0. The van der Waals surface area contributed by atoms with Gasteiger partial charge in [0.05, 0.1) is 0 Å². The average molecular weight is 120 g/mol. The molecule has 0 aromatic rings. The molecule has 0 fully saturated rings. The first-order valence-electron chi connectivity index (χ1n) is 0.204. The first kappa shape index (κ1) is 16.9. The van der Waals surface area contributed by atoms with E-state index in [0.29, 0.717) is 0 Å². The molecule has 0 saturated heterocycles. The SMILES string of the molecule is O=P.[AlH3].[CaH2]. The van der Waals surface area contributed by atoms with Crippen LogP contribution in [0.1, 0.15) is 0 Å². The Bertz CT molecular complexity index is 8.00. The van der Waals surface area contributed by atoms with Gasteiger partial charge in [-0.2, -0.15) is 0 Å². The Labute approximate surface area is 67.9 Å². The van der Waals surface area contributed by atoms with Crippen molar-refractivity contribution in [1.29, 1.82) is 0 Å². The van der Waals surface area contributed by atoms with E-state index in [1.807, 2.05) is 0 Å². The first-order chi connectivity index (χ1) is 1.00. The maximum absolute atomic E-state index is 8.06. The van der Waals surface area contributed by atoms with Gasteiger partial charge >= 0.3 is 37.7 Å². The van der Waals surface area contributed by atoms with Crippen LogP contribution in [0, 0.1) is 0 Å². The van der Waals surface area contributed by atoms with Crippen LogP contribution < -0.4 is 0 Å². The summed E-state index contributed by atoms with van der Waals surface area (Å²) in [6.07, 6.45) is 0. The van der Waals surface area contributed by atoms with Gasteiger partial charge < -0.3 is 0 Å². The minimum atomic E-state index is 0. The summed E-state index contributed by atoms with van der Waals surface area (Å²) in [5, 5.41) is 0. The number of hydrogen-bond acceptors (Lipinski definition) is 1. The van der Waals surface area contributed by atoms with E-state index in [1.165, 1.54) is 0 Å². The van der Waals surface area contributed by atoms with Crippen molar-refractivity contribution in [2.45, 2.75) is 0 Å². The van der Waals surface area contributed by atoms with Crippen molar-refractivity contribution in [3.8, 4) is 0 Å². The molecule has 0 aromatic carbocycles. The van der Waals surface area contributed by atoms with Crippen LogP contribution in [0.15, 0.2) is 0 Å². The molecule has 0 saturated carbocycles. The molecule has 0 aliphatic rings. The van der Waals surface area contributed by atoms with Gasteiger partial charge in [-0.15, -0.1) is 0 Å². The molecule has 0 aromatic heterocycles. The van der Waals surface area contributed by atoms with Gasteiger partial charge in [0.25, 0.3) is 0 Å². The molecule has 0 atom stereocenters. The quantitative estimate of drug-likeness (QED) is 0.277. The summed E-state index contributed by atoms with van der Waals surface area (Å²) in [6, 6.07) is 0. The first-order valence-corrected chi connectivity index (χ1v) is 0.612. The van der Waals surface area contributed by atoms with Gasteiger partial charge in [0.2, 0.25) is 0 Å². The zero-order chi connectivity index (χ0) is 2.00. The summed E-state index contributed by atoms with van der Waals surface area (Å²) < 4.78 is 8.06. The van der Waals surface area contributed by atoms with E-state index >= 15 is 0 Å². The number of hydrogen-bond donors (Lipinski definition) is 0. The van der Waals surface area contributed by atoms with Crippen LogP contribution >= 0.6 is 9.12 Å². The van der Waals surface area contributed by atoms with E-state index in [-0.39, 0.29) is 55.1 Å². The third-order valence-corrected chi connectivity index (χ3v) is 0. The molecular weight excluding hydrogens is 114 g/mol. The molecule has 0 N–H and O–H groups in total. The predicted octanol–water partition coefficient (Wildman–Crippen LogP) is -1.63. The Hall–Kier alpha value is 1.89. The molecule has 0 bridgehead atoms. The van der Waals surface area contributed by atoms with Crippen molar-refractivity contribution in [1.82, 2.24) is 0 Å². The number of rotatable bonds is 0. The van der Waals surface area contributed by atoms with Crippen molar-refractivity contribution in [2.75, 3.05) is 0 Å². The zero-order valence-electron chi connectivity index (χ0n) is 0.908. The Morgan fingerprint density at radius 2 is 1.25 bits per heavy atom. The van der Waals surface area contributed by atoms with Crippen LogP contribution in [-0.4, -0.2) is 55.1 Å². The molecular formula is H6AlCaOP. The second-order valence-corrected chi connectivity index (χ2v) is 0. The van der Waals surface area contributed by atoms with Gasteiger partial charge in [-0.25, -0.2) is 0 Å². The zero-order valence-corrected chi connectivity index (χ0v) is 1.91. The van der Waals surface area contributed by atoms with E-state index in [1.54, 1.807) is 9.12 Å². The summed E-state index contributed by atoms with van der Waals surface area (Å²) in [7, 11) is 1.72. The summed E-state index contributed by atoms with van der Waals surface area (Å²) >= 11 is 0. The normalized spacial score (nSPS) is 1.00. The van der Waals surface area contributed by atoms with Crippen LogP contribution in [0.2, 0.25) is 0 Å². The van der Waals surface area contributed by atoms with Gasteiger partial charge in [-0.3, -0.25) is 4.57 Å². The molecule has 0 heterocycles. The fourth-order valence-electron chi connectivity index (χ4n) is 0. The van der Waals surface area contributed by atoms with Crippen LogP contribution in [-0.2, 0) is 4.57 Å². The molecule has 0 amide bonds. The molecule has 4 heteroatoms. The molecule has 22 valence electrons. The Morgan fingerprint density at radius 3 is 1.25 bits per heavy atom. The van der Waals surface area contributed by atoms with Crippen LogP contribution in [0.5, 0.6) is 0 Å². The van der Waals surface area contributed by atoms with Gasteiger partial charge in [0.1, 0.15) is 9.12 Å². The molecule has 0 aliphatic carbocycles. The van der Waals surface area contributed by atoms with Crippen molar-refractivity contribution in [3.63, 3.8) is 0 Å². The van der Waals surface area contributed by atoms with Crippen LogP contribution in [0.3, 0.4) is 0 Å². The molecule has 0 unspecified atom stereocenters. The molecule has 0 aliphatic heterocycles. The van der Waals surface area contributed by atoms with Crippen LogP contribution in [0.25, 0.3) is 0 Å². The van der Waals surface area contributed by atoms with Gasteiger partial charge in [0.15, 0.2) is 17.4 Å². The van der Waals surface area contributed by atoms with Crippen molar-refractivity contribution in [3.05, 3.63) is 0 Å². The monoisotopic (exact) mass is 120 g/mol. The Morgan fingerprint density at radius 1 is 1.25 bits per heavy atom. The molecule has 1 nitrogen and oxygen atoms in total. The van der Waals surface area contributed by atoms with E-state index in [0.717, 1.165) is 0 Å². The topological polar surface area (TPSA) is 17.1 Å². The fraction of sp³-hybridized carbons (Fsp3) is 0. The van der Waals surface area contributed by atoms with Gasteiger partial charge in [-0.1, -0.05) is 0 Å². The van der Waals surface area contributed by atoms with Crippen molar-refractivity contribution < 1.29 is 4.57 Å². The second-order valence-electron chi connectivity index (χ2n) is 0. The molecule has 0 spiro atoms. The molecule has 0 radical (unpaired) electrons. The summed E-state index contributed by atoms with van der Waals surface area (Å²) in [6.45, 7) is 0. The third kappa shape index (κ3) is 9.09. The van der Waals surface area contributed by atoms with Crippen molar-refractivity contribution >= 4 is 64.2 Å². The fourth-order valence-corrected chi connectivity index (χ4v) is 0. The van der Waals surface area contributed by atoms with E-state index in [9.17, 15) is 0 Å². The summed E-state index contributed by atoms with van der Waals surface area (Å²) in [4.78, 5) is 0. The van der Waals surface area contributed by atoms with Crippen LogP contribution in [0.4, 0.5) is 0 Å². The average Bonchev–Trinajstić information content (AvgIpc) is 1.00. The molecule has 0 rings (SSSR count). The van der Waals surface area contributed by atoms with Gasteiger partial charge in [0, 0.05) is 0 Å². The van der Waals surface area contributed by atoms with E-state index < -0.39 is 0 Å². The van der Waals surface area contributed by atoms with E-state index in [2.05, 4.69) is 0 Å². The summed E-state index contributed by atoms with van der Waals surface area (Å²) in [5.41, 5.74) is 0. The standard InChI is InChI=1S/Al.Ca.HOP.5H/c;;1-2;;;;;/h;;2H;;;;;.